The van der Waals surface area contributed by atoms with E-state index in [0.717, 1.165) is 35.4 Å². The van der Waals surface area contributed by atoms with Crippen LogP contribution in [0.4, 0.5) is 0 Å². The number of phenols is 1. The Morgan fingerprint density at radius 2 is 2.08 bits per heavy atom. The van der Waals surface area contributed by atoms with Gasteiger partial charge in [-0.05, 0) is 43.8 Å². The number of hydrogen-bond donors (Lipinski definition) is 1. The summed E-state index contributed by atoms with van der Waals surface area (Å²) in [6.07, 6.45) is 3.90. The first-order chi connectivity index (χ1) is 12.6. The van der Waals surface area contributed by atoms with Gasteiger partial charge in [0.05, 0.1) is 7.11 Å². The molecule has 1 aliphatic heterocycles. The molecule has 0 amide bonds. The maximum absolute atomic E-state index is 13.1. The predicted octanol–water partition coefficient (Wildman–Crippen LogP) is 4.22. The quantitative estimate of drug-likeness (QED) is 0.609. The Morgan fingerprint density at radius 1 is 1.27 bits per heavy atom. The van der Waals surface area contributed by atoms with E-state index in [1.165, 1.54) is 0 Å². The molecule has 1 heterocycles. The number of Topliss-reactive ketones (excluding diaryl/α,β-unsaturated/α-hetero) is 1. The fraction of sp³-hybridized carbons (Fsp3) is 0.381. The van der Waals surface area contributed by atoms with E-state index in [2.05, 4.69) is 4.90 Å². The first-order valence-corrected chi connectivity index (χ1v) is 10.1. The average molecular weight is 372 g/mol. The maximum Gasteiger partial charge on any atom is 0.168 e. The molecular formula is C21H25NO3S. The van der Waals surface area contributed by atoms with Crippen molar-refractivity contribution in [1.29, 1.82) is 0 Å². The van der Waals surface area contributed by atoms with Crippen LogP contribution in [-0.2, 0) is 6.54 Å². The van der Waals surface area contributed by atoms with E-state index in [1.807, 2.05) is 36.6 Å². The number of rotatable bonds is 6. The monoisotopic (exact) mass is 371 g/mol. The molecule has 0 radical (unpaired) electrons. The van der Waals surface area contributed by atoms with Gasteiger partial charge in [0.1, 0.15) is 11.5 Å². The van der Waals surface area contributed by atoms with Gasteiger partial charge in [-0.1, -0.05) is 24.3 Å². The minimum Gasteiger partial charge on any atom is -0.507 e. The standard InChI is InChI=1S/C21H25NO3S/c1-25-19-10-5-9-18(23)17(19)14-22-12-6-7-15(13-22)21(24)16-8-3-4-11-20(16)26-2/h3-5,8-11,15,23H,6-7,12-14H2,1-2H3/t15-/m1/s1. The summed E-state index contributed by atoms with van der Waals surface area (Å²) in [5.74, 6) is 1.15. The highest BCUT2D eigenvalue weighted by Gasteiger charge is 2.28. The van der Waals surface area contributed by atoms with Crippen LogP contribution in [-0.4, -0.2) is 42.2 Å². The van der Waals surface area contributed by atoms with Gasteiger partial charge in [0.15, 0.2) is 5.78 Å². The summed E-state index contributed by atoms with van der Waals surface area (Å²) < 4.78 is 5.39. The molecule has 0 aromatic heterocycles. The summed E-state index contributed by atoms with van der Waals surface area (Å²) in [6.45, 7) is 2.22. The summed E-state index contributed by atoms with van der Waals surface area (Å²) in [5.41, 5.74) is 1.61. The summed E-state index contributed by atoms with van der Waals surface area (Å²) in [6, 6.07) is 13.2. The Labute approximate surface area is 159 Å². The number of carbonyl (C=O) groups is 1. The Balaban J connectivity index is 1.75. The van der Waals surface area contributed by atoms with E-state index < -0.39 is 0 Å². The van der Waals surface area contributed by atoms with Gasteiger partial charge in [-0.15, -0.1) is 11.8 Å². The molecule has 1 fully saturated rings. The number of hydrogen-bond acceptors (Lipinski definition) is 5. The lowest BCUT2D eigenvalue weighted by Gasteiger charge is -2.32. The van der Waals surface area contributed by atoms with Gasteiger partial charge in [-0.2, -0.15) is 0 Å². The fourth-order valence-electron chi connectivity index (χ4n) is 3.61. The summed E-state index contributed by atoms with van der Waals surface area (Å²) in [4.78, 5) is 16.3. The molecule has 1 aliphatic rings. The van der Waals surface area contributed by atoms with Gasteiger partial charge in [0.2, 0.25) is 0 Å². The van der Waals surface area contributed by atoms with Crippen molar-refractivity contribution in [3.63, 3.8) is 0 Å². The summed E-state index contributed by atoms with van der Waals surface area (Å²) in [7, 11) is 1.61. The zero-order chi connectivity index (χ0) is 18.5. The number of nitrogens with zero attached hydrogens (tertiary/aromatic N) is 1. The number of ether oxygens (including phenoxy) is 1. The molecular weight excluding hydrogens is 346 g/mol. The van der Waals surface area contributed by atoms with Crippen LogP contribution in [0.3, 0.4) is 0 Å². The average Bonchev–Trinajstić information content (AvgIpc) is 2.69. The molecule has 0 spiro atoms. The number of likely N-dealkylation sites (tertiary alicyclic amines) is 1. The van der Waals surface area contributed by atoms with Crippen molar-refractivity contribution in [3.8, 4) is 11.5 Å². The molecule has 2 aromatic rings. The maximum atomic E-state index is 13.1. The number of aromatic hydroxyl groups is 1. The van der Waals surface area contributed by atoms with Gasteiger partial charge in [-0.3, -0.25) is 9.69 Å². The first kappa shape index (κ1) is 18.8. The summed E-state index contributed by atoms with van der Waals surface area (Å²) in [5, 5.41) is 10.2. The van der Waals surface area contributed by atoms with Crippen LogP contribution in [0.25, 0.3) is 0 Å². The van der Waals surface area contributed by atoms with Crippen LogP contribution in [0.15, 0.2) is 47.4 Å². The molecule has 1 saturated heterocycles. The van der Waals surface area contributed by atoms with Crippen molar-refractivity contribution in [2.75, 3.05) is 26.5 Å². The van der Waals surface area contributed by atoms with Crippen LogP contribution >= 0.6 is 11.8 Å². The van der Waals surface area contributed by atoms with Gasteiger partial charge >= 0.3 is 0 Å². The predicted molar refractivity (Wildman–Crippen MR) is 105 cm³/mol. The fourth-order valence-corrected chi connectivity index (χ4v) is 4.21. The van der Waals surface area contributed by atoms with Crippen LogP contribution in [0.1, 0.15) is 28.8 Å². The van der Waals surface area contributed by atoms with Crippen LogP contribution in [0.2, 0.25) is 0 Å². The third-order valence-electron chi connectivity index (χ3n) is 4.96. The molecule has 2 aromatic carbocycles. The smallest absolute Gasteiger partial charge is 0.168 e. The van der Waals surface area contributed by atoms with E-state index in [1.54, 1.807) is 31.0 Å². The van der Waals surface area contributed by atoms with E-state index in [-0.39, 0.29) is 17.5 Å². The molecule has 1 N–H and O–H groups in total. The number of carbonyl (C=O) groups excluding carboxylic acids is 1. The van der Waals surface area contributed by atoms with E-state index in [9.17, 15) is 9.90 Å². The van der Waals surface area contributed by atoms with Gasteiger partial charge in [0.25, 0.3) is 0 Å². The third kappa shape index (κ3) is 4.05. The largest absolute Gasteiger partial charge is 0.507 e. The van der Waals surface area contributed by atoms with Crippen molar-refractivity contribution < 1.29 is 14.6 Å². The molecule has 26 heavy (non-hydrogen) atoms. The minimum absolute atomic E-state index is 0.00565. The van der Waals surface area contributed by atoms with Crippen LogP contribution in [0, 0.1) is 5.92 Å². The molecule has 4 nitrogen and oxygen atoms in total. The molecule has 0 aliphatic carbocycles. The lowest BCUT2D eigenvalue weighted by molar-refractivity contribution is 0.0807. The lowest BCUT2D eigenvalue weighted by Crippen LogP contribution is -2.38. The molecule has 0 unspecified atom stereocenters. The second kappa shape index (κ2) is 8.60. The molecule has 1 atom stereocenters. The molecule has 138 valence electrons. The normalized spacial score (nSPS) is 17.8. The van der Waals surface area contributed by atoms with E-state index in [0.29, 0.717) is 18.8 Å². The molecule has 0 bridgehead atoms. The Kier molecular flexibility index (Phi) is 6.22. The number of thioether (sulfide) groups is 1. The van der Waals surface area contributed by atoms with Crippen molar-refractivity contribution in [3.05, 3.63) is 53.6 Å². The zero-order valence-corrected chi connectivity index (χ0v) is 16.1. The van der Waals surface area contributed by atoms with E-state index in [4.69, 9.17) is 4.74 Å². The van der Waals surface area contributed by atoms with Gasteiger partial charge in [-0.25, -0.2) is 0 Å². The highest BCUT2D eigenvalue weighted by Crippen LogP contribution is 2.31. The number of ketones is 1. The second-order valence-electron chi connectivity index (χ2n) is 6.60. The van der Waals surface area contributed by atoms with E-state index >= 15 is 0 Å². The minimum atomic E-state index is -0.00565. The Hall–Kier alpha value is -1.98. The topological polar surface area (TPSA) is 49.8 Å². The highest BCUT2D eigenvalue weighted by atomic mass is 32.2. The van der Waals surface area contributed by atoms with Crippen LogP contribution < -0.4 is 4.74 Å². The molecule has 0 saturated carbocycles. The lowest BCUT2D eigenvalue weighted by atomic mass is 9.89. The Bertz CT molecular complexity index is 778. The van der Waals surface area contributed by atoms with Crippen molar-refractivity contribution in [1.82, 2.24) is 4.90 Å². The number of phenolic OH excluding ortho intramolecular Hbond substituents is 1. The number of benzene rings is 2. The molecule has 5 heteroatoms. The van der Waals surface area contributed by atoms with Gasteiger partial charge < -0.3 is 9.84 Å². The third-order valence-corrected chi connectivity index (χ3v) is 5.75. The SMILES string of the molecule is COc1cccc(O)c1CN1CCC[C@@H](C(=O)c2ccccc2SC)C1. The first-order valence-electron chi connectivity index (χ1n) is 8.88. The number of piperidine rings is 1. The van der Waals surface area contributed by atoms with Gasteiger partial charge in [0, 0.05) is 35.0 Å². The zero-order valence-electron chi connectivity index (χ0n) is 15.3. The van der Waals surface area contributed by atoms with Crippen LogP contribution in [0.5, 0.6) is 11.5 Å². The highest BCUT2D eigenvalue weighted by molar-refractivity contribution is 7.98. The summed E-state index contributed by atoms with van der Waals surface area (Å²) >= 11 is 1.61. The van der Waals surface area contributed by atoms with Crippen molar-refractivity contribution in [2.45, 2.75) is 24.3 Å². The second-order valence-corrected chi connectivity index (χ2v) is 7.44. The molecule has 3 rings (SSSR count). The Morgan fingerprint density at radius 3 is 2.85 bits per heavy atom. The van der Waals surface area contributed by atoms with Crippen molar-refractivity contribution in [2.24, 2.45) is 5.92 Å². The van der Waals surface area contributed by atoms with Crippen molar-refractivity contribution >= 4 is 17.5 Å². The number of methoxy groups -OCH3 is 1.